The number of aliphatic hydroxyl groups is 3. The number of amides is 1. The van der Waals surface area contributed by atoms with E-state index < -0.39 is 30.0 Å². The van der Waals surface area contributed by atoms with Gasteiger partial charge in [0.2, 0.25) is 5.91 Å². The zero-order valence-corrected chi connectivity index (χ0v) is 11.8. The van der Waals surface area contributed by atoms with Crippen LogP contribution in [-0.4, -0.2) is 67.1 Å². The van der Waals surface area contributed by atoms with Gasteiger partial charge in [0.25, 0.3) is 0 Å². The zero-order valence-electron chi connectivity index (χ0n) is 11.1. The molecule has 0 saturated carbocycles. The van der Waals surface area contributed by atoms with Gasteiger partial charge < -0.3 is 20.2 Å². The first-order valence-corrected chi connectivity index (χ1v) is 6.15. The molecule has 6 nitrogen and oxygen atoms in total. The minimum Gasteiger partial charge on any atom is -0.394 e. The molecule has 0 radical (unpaired) electrons. The van der Waals surface area contributed by atoms with Crippen molar-refractivity contribution >= 4 is 17.7 Å². The number of carbonyl (C=O) groups excluding carboxylic acids is 1. The first kappa shape index (κ1) is 15.7. The summed E-state index contributed by atoms with van der Waals surface area (Å²) in [4.78, 5) is 13.7. The standard InChI is InChI=1S/C11H21ClN2O4/c1-10(2)9(18)13(11(3,4)14(10)12)5-7(16)8(17)6-15/h7-8,15-17H,5-6H2,1-4H3. The van der Waals surface area contributed by atoms with Crippen LogP contribution in [0.25, 0.3) is 0 Å². The number of halogens is 1. The summed E-state index contributed by atoms with van der Waals surface area (Å²) in [5.41, 5.74) is -1.66. The van der Waals surface area contributed by atoms with Crippen LogP contribution < -0.4 is 0 Å². The minimum atomic E-state index is -1.28. The molecule has 18 heavy (non-hydrogen) atoms. The quantitative estimate of drug-likeness (QED) is 0.606. The molecule has 0 aromatic heterocycles. The summed E-state index contributed by atoms with van der Waals surface area (Å²) in [6.45, 7) is 6.26. The maximum Gasteiger partial charge on any atom is 0.245 e. The topological polar surface area (TPSA) is 84.2 Å². The van der Waals surface area contributed by atoms with Crippen LogP contribution in [0.15, 0.2) is 0 Å². The lowest BCUT2D eigenvalue weighted by Gasteiger charge is -2.36. The highest BCUT2D eigenvalue weighted by Crippen LogP contribution is 2.39. The van der Waals surface area contributed by atoms with Crippen molar-refractivity contribution in [2.24, 2.45) is 0 Å². The van der Waals surface area contributed by atoms with Gasteiger partial charge in [0.1, 0.15) is 17.3 Å². The smallest absolute Gasteiger partial charge is 0.245 e. The molecule has 1 aliphatic rings. The van der Waals surface area contributed by atoms with Crippen LogP contribution in [-0.2, 0) is 4.79 Å². The Bertz CT molecular complexity index is 335. The Hall–Kier alpha value is -0.400. The summed E-state index contributed by atoms with van der Waals surface area (Å²) < 4.78 is 1.40. The molecule has 0 aromatic carbocycles. The van der Waals surface area contributed by atoms with Crippen LogP contribution in [0.5, 0.6) is 0 Å². The van der Waals surface area contributed by atoms with Crippen LogP contribution in [0, 0.1) is 0 Å². The fraction of sp³-hybridized carbons (Fsp3) is 0.909. The number of β-amino-alcohol motifs (C(OH)–C–C–N with tert-alkyl or cyclic N) is 1. The average Bonchev–Trinajstić information content (AvgIpc) is 2.41. The van der Waals surface area contributed by atoms with Gasteiger partial charge in [-0.2, -0.15) is 4.42 Å². The van der Waals surface area contributed by atoms with Gasteiger partial charge in [0.05, 0.1) is 19.3 Å². The molecule has 1 fully saturated rings. The number of carbonyl (C=O) groups is 1. The van der Waals surface area contributed by atoms with Gasteiger partial charge in [0.15, 0.2) is 0 Å². The average molecular weight is 281 g/mol. The molecule has 3 N–H and O–H groups in total. The molecule has 7 heteroatoms. The summed E-state index contributed by atoms with van der Waals surface area (Å²) in [5, 5.41) is 27.9. The Balaban J connectivity index is 2.92. The molecule has 1 aliphatic heterocycles. The van der Waals surface area contributed by atoms with E-state index in [1.807, 2.05) is 0 Å². The van der Waals surface area contributed by atoms with E-state index in [2.05, 4.69) is 0 Å². The second kappa shape index (κ2) is 4.94. The number of nitrogens with zero attached hydrogens (tertiary/aromatic N) is 2. The van der Waals surface area contributed by atoms with Crippen LogP contribution in [0.2, 0.25) is 0 Å². The molecule has 2 unspecified atom stereocenters. The third-order valence-corrected chi connectivity index (χ3v) is 4.24. The maximum absolute atomic E-state index is 12.2. The predicted molar refractivity (Wildman–Crippen MR) is 66.7 cm³/mol. The van der Waals surface area contributed by atoms with Gasteiger partial charge in [-0.3, -0.25) is 4.79 Å². The van der Waals surface area contributed by atoms with Crippen LogP contribution in [0.3, 0.4) is 0 Å². The lowest BCUT2D eigenvalue weighted by molar-refractivity contribution is -0.136. The van der Waals surface area contributed by atoms with Crippen molar-refractivity contribution in [1.29, 1.82) is 0 Å². The first-order valence-electron chi connectivity index (χ1n) is 5.82. The summed E-state index contributed by atoms with van der Waals surface area (Å²) >= 11 is 6.16. The minimum absolute atomic E-state index is 0.0831. The second-order valence-corrected chi connectivity index (χ2v) is 5.91. The molecular formula is C11H21ClN2O4. The van der Waals surface area contributed by atoms with E-state index in [1.54, 1.807) is 27.7 Å². The Morgan fingerprint density at radius 1 is 1.22 bits per heavy atom. The summed E-state index contributed by atoms with van der Waals surface area (Å²) in [5.74, 6) is -0.230. The van der Waals surface area contributed by atoms with Crippen molar-refractivity contribution in [3.8, 4) is 0 Å². The summed E-state index contributed by atoms with van der Waals surface area (Å²) in [7, 11) is 0. The molecule has 0 bridgehead atoms. The summed E-state index contributed by atoms with van der Waals surface area (Å²) in [6.07, 6.45) is -2.49. The SMILES string of the molecule is CC1(C)C(=O)N(CC(O)C(O)CO)C(C)(C)N1Cl. The van der Waals surface area contributed by atoms with Crippen LogP contribution >= 0.6 is 11.8 Å². The van der Waals surface area contributed by atoms with Crippen molar-refractivity contribution in [1.82, 2.24) is 9.32 Å². The second-order valence-electron chi connectivity index (χ2n) is 5.57. The van der Waals surface area contributed by atoms with Crippen molar-refractivity contribution in [3.05, 3.63) is 0 Å². The van der Waals surface area contributed by atoms with E-state index in [4.69, 9.17) is 16.9 Å². The van der Waals surface area contributed by atoms with Crippen LogP contribution in [0.4, 0.5) is 0 Å². The van der Waals surface area contributed by atoms with E-state index in [0.717, 1.165) is 0 Å². The third kappa shape index (κ3) is 2.35. The number of aliphatic hydroxyl groups excluding tert-OH is 3. The highest BCUT2D eigenvalue weighted by Gasteiger charge is 2.56. The molecule has 0 aliphatic carbocycles. The predicted octanol–water partition coefficient (Wildman–Crippen LogP) is -0.487. The summed E-state index contributed by atoms with van der Waals surface area (Å²) in [6, 6.07) is 0. The highest BCUT2D eigenvalue weighted by molar-refractivity contribution is 6.17. The van der Waals surface area contributed by atoms with Gasteiger partial charge in [0, 0.05) is 0 Å². The van der Waals surface area contributed by atoms with Gasteiger partial charge in [-0.05, 0) is 39.5 Å². The molecule has 0 aromatic rings. The Morgan fingerprint density at radius 3 is 2.06 bits per heavy atom. The van der Waals surface area contributed by atoms with E-state index in [0.29, 0.717) is 0 Å². The highest BCUT2D eigenvalue weighted by atomic mass is 35.5. The lowest BCUT2D eigenvalue weighted by Crippen LogP contribution is -2.51. The molecule has 2 atom stereocenters. The van der Waals surface area contributed by atoms with Crippen LogP contribution in [0.1, 0.15) is 27.7 Å². The van der Waals surface area contributed by atoms with E-state index in [9.17, 15) is 15.0 Å². The van der Waals surface area contributed by atoms with Gasteiger partial charge in [-0.25, -0.2) is 0 Å². The lowest BCUT2D eigenvalue weighted by atomic mass is 10.1. The molecule has 1 rings (SSSR count). The normalized spacial score (nSPS) is 26.4. The Morgan fingerprint density at radius 2 is 1.72 bits per heavy atom. The first-order chi connectivity index (χ1) is 8.06. The van der Waals surface area contributed by atoms with Gasteiger partial charge >= 0.3 is 0 Å². The molecule has 1 amide bonds. The van der Waals surface area contributed by atoms with Crippen molar-refractivity contribution < 1.29 is 20.1 Å². The number of rotatable bonds is 4. The number of hydrogen-bond acceptors (Lipinski definition) is 5. The fourth-order valence-electron chi connectivity index (χ4n) is 2.19. The van der Waals surface area contributed by atoms with Gasteiger partial charge in [-0.15, -0.1) is 0 Å². The van der Waals surface area contributed by atoms with Crippen molar-refractivity contribution in [2.75, 3.05) is 13.2 Å². The Labute approximate surface area is 112 Å². The largest absolute Gasteiger partial charge is 0.394 e. The molecule has 0 spiro atoms. The number of hydrogen-bond donors (Lipinski definition) is 3. The molecule has 106 valence electrons. The monoisotopic (exact) mass is 280 g/mol. The maximum atomic E-state index is 12.2. The molecule has 1 heterocycles. The zero-order chi connectivity index (χ0) is 14.3. The van der Waals surface area contributed by atoms with E-state index in [1.165, 1.54) is 9.32 Å². The fourth-order valence-corrected chi connectivity index (χ4v) is 2.35. The Kier molecular flexibility index (Phi) is 4.30. The van der Waals surface area contributed by atoms with E-state index in [-0.39, 0.29) is 12.5 Å². The molecular weight excluding hydrogens is 260 g/mol. The van der Waals surface area contributed by atoms with Gasteiger partial charge in [-0.1, -0.05) is 0 Å². The third-order valence-electron chi connectivity index (χ3n) is 3.40. The van der Waals surface area contributed by atoms with Crippen molar-refractivity contribution in [3.63, 3.8) is 0 Å². The van der Waals surface area contributed by atoms with Crippen molar-refractivity contribution in [2.45, 2.75) is 51.1 Å². The molecule has 1 saturated heterocycles. The van der Waals surface area contributed by atoms with E-state index >= 15 is 0 Å².